The quantitative estimate of drug-likeness (QED) is 0.306. The average Bonchev–Trinajstić information content (AvgIpc) is 3.06. The molecule has 1 aliphatic heterocycles. The number of hydrogen-bond donors (Lipinski definition) is 0. The van der Waals surface area contributed by atoms with E-state index in [1.54, 1.807) is 26.4 Å². The highest BCUT2D eigenvalue weighted by atomic mass is 35.5. The molecule has 0 amide bonds. The van der Waals surface area contributed by atoms with E-state index in [0.29, 0.717) is 23.6 Å². The van der Waals surface area contributed by atoms with E-state index in [9.17, 15) is 4.79 Å². The van der Waals surface area contributed by atoms with Crippen LogP contribution in [0.2, 0.25) is 0 Å². The monoisotopic (exact) mass is 487 g/mol. The molecule has 180 valence electrons. The van der Waals surface area contributed by atoms with Gasteiger partial charge >= 0.3 is 0 Å². The van der Waals surface area contributed by atoms with Crippen molar-refractivity contribution >= 4 is 35.9 Å². The van der Waals surface area contributed by atoms with Gasteiger partial charge in [0.05, 0.1) is 20.8 Å². The number of methoxy groups -OCH3 is 2. The first-order chi connectivity index (χ1) is 16.7. The van der Waals surface area contributed by atoms with Gasteiger partial charge in [-0.1, -0.05) is 66.3 Å². The van der Waals surface area contributed by atoms with Gasteiger partial charge in [0, 0.05) is 18.7 Å². The summed E-state index contributed by atoms with van der Waals surface area (Å²) in [6, 6.07) is 22.7. The van der Waals surface area contributed by atoms with E-state index >= 15 is 0 Å². The molecule has 5 rings (SSSR count). The molecule has 0 N–H and O–H groups in total. The first-order valence-electron chi connectivity index (χ1n) is 11.7. The highest BCUT2D eigenvalue weighted by molar-refractivity contribution is 5.98. The summed E-state index contributed by atoms with van der Waals surface area (Å²) in [6.07, 6.45) is 6.35. The smallest absolute Gasteiger partial charge is 0.176 e. The van der Waals surface area contributed by atoms with Crippen molar-refractivity contribution in [2.24, 2.45) is 0 Å². The van der Waals surface area contributed by atoms with Crippen LogP contribution in [0, 0.1) is 0 Å². The normalized spacial score (nSPS) is 14.9. The summed E-state index contributed by atoms with van der Waals surface area (Å²) in [6.45, 7) is 2.15. The van der Waals surface area contributed by atoms with E-state index in [4.69, 9.17) is 9.47 Å². The number of carbonyl (C=O) groups excluding carboxylic acids is 1. The van der Waals surface area contributed by atoms with E-state index in [1.807, 2.05) is 6.07 Å². The van der Waals surface area contributed by atoms with Gasteiger partial charge in [-0.3, -0.25) is 9.69 Å². The van der Waals surface area contributed by atoms with Crippen LogP contribution >= 0.6 is 12.4 Å². The summed E-state index contributed by atoms with van der Waals surface area (Å²) >= 11 is 0. The Morgan fingerprint density at radius 2 is 1.37 bits per heavy atom. The second kappa shape index (κ2) is 10.9. The summed E-state index contributed by atoms with van der Waals surface area (Å²) in [7, 11) is 3.19. The third kappa shape index (κ3) is 5.04. The van der Waals surface area contributed by atoms with Crippen molar-refractivity contribution in [2.75, 3.05) is 33.9 Å². The van der Waals surface area contributed by atoms with Gasteiger partial charge in [0.15, 0.2) is 17.3 Å². The number of hydrogen-bond acceptors (Lipinski definition) is 4. The molecule has 2 aliphatic rings. The number of piperidine rings is 1. The summed E-state index contributed by atoms with van der Waals surface area (Å²) < 4.78 is 10.7. The van der Waals surface area contributed by atoms with Crippen molar-refractivity contribution in [1.82, 2.24) is 4.90 Å². The summed E-state index contributed by atoms with van der Waals surface area (Å²) in [5.74, 6) is 1.32. The predicted octanol–water partition coefficient (Wildman–Crippen LogP) is 6.39. The first kappa shape index (κ1) is 24.8. The number of carbonyl (C=O) groups is 1. The predicted molar refractivity (Wildman–Crippen MR) is 145 cm³/mol. The Kier molecular flexibility index (Phi) is 7.74. The molecule has 0 bridgehead atoms. The molecular weight excluding hydrogens is 458 g/mol. The minimum atomic E-state index is 0. The van der Waals surface area contributed by atoms with E-state index in [1.165, 1.54) is 33.4 Å². The van der Waals surface area contributed by atoms with Gasteiger partial charge in [0.2, 0.25) is 0 Å². The number of rotatable bonds is 5. The zero-order chi connectivity index (χ0) is 23.5. The Morgan fingerprint density at radius 3 is 1.94 bits per heavy atom. The van der Waals surface area contributed by atoms with Crippen molar-refractivity contribution in [1.29, 1.82) is 0 Å². The molecule has 1 saturated heterocycles. The van der Waals surface area contributed by atoms with E-state index < -0.39 is 0 Å². The molecule has 0 radical (unpaired) electrons. The SMILES string of the molecule is COc1ccc(C(=O)CN2CCC(=C3c4ccccc4C=Cc4ccccc43)CC2)cc1OC.Cl. The zero-order valence-electron chi connectivity index (χ0n) is 20.1. The summed E-state index contributed by atoms with van der Waals surface area (Å²) in [5.41, 5.74) is 8.60. The van der Waals surface area contributed by atoms with Crippen LogP contribution in [0.4, 0.5) is 0 Å². The van der Waals surface area contributed by atoms with Gasteiger partial charge in [-0.15, -0.1) is 12.4 Å². The van der Waals surface area contributed by atoms with Crippen molar-refractivity contribution in [3.05, 3.63) is 100 Å². The van der Waals surface area contributed by atoms with Gasteiger partial charge in [-0.25, -0.2) is 0 Å². The lowest BCUT2D eigenvalue weighted by Crippen LogP contribution is -2.35. The molecule has 0 atom stereocenters. The Labute approximate surface area is 213 Å². The molecule has 0 unspecified atom stereocenters. The van der Waals surface area contributed by atoms with Crippen LogP contribution in [0.15, 0.2) is 72.3 Å². The van der Waals surface area contributed by atoms with Crippen LogP contribution in [0.25, 0.3) is 17.7 Å². The van der Waals surface area contributed by atoms with Gasteiger partial charge in [0.25, 0.3) is 0 Å². The number of fused-ring (bicyclic) bond motifs is 2. The van der Waals surface area contributed by atoms with Crippen molar-refractivity contribution in [3.63, 3.8) is 0 Å². The molecule has 1 fully saturated rings. The minimum absolute atomic E-state index is 0. The van der Waals surface area contributed by atoms with Gasteiger partial charge in [-0.05, 0) is 58.9 Å². The summed E-state index contributed by atoms with van der Waals surface area (Å²) in [5, 5.41) is 0. The Bertz CT molecular complexity index is 1230. The molecule has 3 aromatic carbocycles. The lowest BCUT2D eigenvalue weighted by molar-refractivity contribution is 0.0924. The van der Waals surface area contributed by atoms with Crippen LogP contribution in [0.5, 0.6) is 11.5 Å². The molecule has 1 aliphatic carbocycles. The van der Waals surface area contributed by atoms with E-state index in [-0.39, 0.29) is 18.2 Å². The lowest BCUT2D eigenvalue weighted by Gasteiger charge is -2.30. The van der Waals surface area contributed by atoms with Crippen molar-refractivity contribution in [3.8, 4) is 11.5 Å². The molecular formula is C30H30ClNO3. The largest absolute Gasteiger partial charge is 0.493 e. The third-order valence-electron chi connectivity index (χ3n) is 6.79. The molecule has 0 aromatic heterocycles. The van der Waals surface area contributed by atoms with Gasteiger partial charge in [0.1, 0.15) is 0 Å². The number of halogens is 1. The first-order valence-corrected chi connectivity index (χ1v) is 11.7. The van der Waals surface area contributed by atoms with Crippen LogP contribution in [-0.4, -0.2) is 44.5 Å². The summed E-state index contributed by atoms with van der Waals surface area (Å²) in [4.78, 5) is 15.2. The number of nitrogens with zero attached hydrogens (tertiary/aromatic N) is 1. The number of ether oxygens (including phenoxy) is 2. The zero-order valence-corrected chi connectivity index (χ0v) is 20.9. The standard InChI is InChI=1S/C30H29NO3.ClH/c1-33-28-14-13-24(19-29(28)34-2)27(32)20-31-17-15-23(16-18-31)30-25-9-5-3-7-21(25)11-12-22-8-4-6-10-26(22)30;/h3-14,19H,15-18,20H2,1-2H3;1H. The lowest BCUT2D eigenvalue weighted by atomic mass is 9.86. The fraction of sp³-hybridized carbons (Fsp3) is 0.233. The molecule has 0 spiro atoms. The number of benzene rings is 3. The Morgan fingerprint density at radius 1 is 0.800 bits per heavy atom. The second-order valence-electron chi connectivity index (χ2n) is 8.76. The fourth-order valence-electron chi connectivity index (χ4n) is 4.98. The molecule has 0 saturated carbocycles. The maximum Gasteiger partial charge on any atom is 0.176 e. The second-order valence-corrected chi connectivity index (χ2v) is 8.76. The number of likely N-dealkylation sites (tertiary alicyclic amines) is 1. The molecule has 35 heavy (non-hydrogen) atoms. The van der Waals surface area contributed by atoms with Crippen LogP contribution in [0.1, 0.15) is 45.5 Å². The Balaban J connectivity index is 0.00000289. The third-order valence-corrected chi connectivity index (χ3v) is 6.79. The fourth-order valence-corrected chi connectivity index (χ4v) is 4.98. The molecule has 1 heterocycles. The maximum absolute atomic E-state index is 13.0. The van der Waals surface area contributed by atoms with Crippen LogP contribution in [-0.2, 0) is 0 Å². The minimum Gasteiger partial charge on any atom is -0.493 e. The number of ketones is 1. The number of Topliss-reactive ketones (excluding diaryl/α,β-unsaturated/α-hetero) is 1. The van der Waals surface area contributed by atoms with Gasteiger partial charge in [-0.2, -0.15) is 0 Å². The molecule has 3 aromatic rings. The van der Waals surface area contributed by atoms with E-state index in [0.717, 1.165) is 25.9 Å². The van der Waals surface area contributed by atoms with E-state index in [2.05, 4.69) is 65.6 Å². The molecule has 4 nitrogen and oxygen atoms in total. The Hall–Kier alpha value is -3.34. The van der Waals surface area contributed by atoms with Crippen LogP contribution < -0.4 is 9.47 Å². The van der Waals surface area contributed by atoms with Crippen molar-refractivity contribution in [2.45, 2.75) is 12.8 Å². The highest BCUT2D eigenvalue weighted by Crippen LogP contribution is 2.38. The maximum atomic E-state index is 13.0. The highest BCUT2D eigenvalue weighted by Gasteiger charge is 2.24. The average molecular weight is 488 g/mol. The molecule has 5 heteroatoms. The van der Waals surface area contributed by atoms with Gasteiger partial charge < -0.3 is 9.47 Å². The topological polar surface area (TPSA) is 38.8 Å². The van der Waals surface area contributed by atoms with Crippen LogP contribution in [0.3, 0.4) is 0 Å². The van der Waals surface area contributed by atoms with Crippen molar-refractivity contribution < 1.29 is 14.3 Å².